The van der Waals surface area contributed by atoms with Gasteiger partial charge < -0.3 is 52.3 Å². The lowest BCUT2D eigenvalue weighted by Gasteiger charge is -2.43. The van der Waals surface area contributed by atoms with Gasteiger partial charge in [0.25, 0.3) is 0 Å². The molecule has 6 rings (SSSR count). The summed E-state index contributed by atoms with van der Waals surface area (Å²) in [6, 6.07) is 11.3. The van der Waals surface area contributed by atoms with Crippen molar-refractivity contribution in [1.29, 1.82) is 0 Å². The molecular formula is C36H45N9O8. The Morgan fingerprint density at radius 2 is 1.72 bits per heavy atom. The second kappa shape index (κ2) is 16.0. The topological polar surface area (TPSA) is 248 Å². The van der Waals surface area contributed by atoms with E-state index in [1.165, 1.54) is 9.80 Å². The Balaban J connectivity index is 1.09. The van der Waals surface area contributed by atoms with Crippen LogP contribution in [0.1, 0.15) is 43.2 Å². The summed E-state index contributed by atoms with van der Waals surface area (Å²) in [5, 5.41) is 35.3. The Kier molecular flexibility index (Phi) is 11.2. The second-order valence-electron chi connectivity index (χ2n) is 13.9. The van der Waals surface area contributed by atoms with Crippen molar-refractivity contribution in [3.8, 4) is 5.75 Å². The van der Waals surface area contributed by atoms with Crippen molar-refractivity contribution in [2.24, 2.45) is 10.7 Å². The van der Waals surface area contributed by atoms with Crippen molar-refractivity contribution in [3.05, 3.63) is 65.7 Å². The summed E-state index contributed by atoms with van der Waals surface area (Å²) in [4.78, 5) is 84.4. The number of nitrogens with two attached hydrogens (primary N) is 1. The summed E-state index contributed by atoms with van der Waals surface area (Å²) < 4.78 is 0. The quantitative estimate of drug-likeness (QED) is 0.102. The van der Waals surface area contributed by atoms with E-state index in [0.717, 1.165) is 11.1 Å². The van der Waals surface area contributed by atoms with Crippen LogP contribution in [-0.2, 0) is 41.6 Å². The lowest BCUT2D eigenvalue weighted by molar-refractivity contribution is -0.161. The highest BCUT2D eigenvalue weighted by atomic mass is 16.3. The molecule has 3 fully saturated rings. The minimum absolute atomic E-state index is 0.0701. The number of hydrogen-bond donors (Lipinski definition) is 8. The SMILES string of the molecule is NC1=NC(=O)[C@]2(O)[C@@H](NC(=O)[C@H]3CCCN3C(=O)[C@H](CNC(=O)C[C@@H]3N[C@H](Cc4ccccc4)C(=O)N[C@H]3Cc3ccc(O)cc3)NC=O)CCCN12. The predicted octanol–water partition coefficient (Wildman–Crippen LogP) is -2.26. The van der Waals surface area contributed by atoms with Gasteiger partial charge in [-0.1, -0.05) is 42.5 Å². The molecule has 0 aromatic heterocycles. The largest absolute Gasteiger partial charge is 0.508 e. The number of phenols is 1. The number of nitrogens with one attached hydrogen (secondary N) is 5. The van der Waals surface area contributed by atoms with Gasteiger partial charge in [0.05, 0.1) is 12.1 Å². The van der Waals surface area contributed by atoms with E-state index in [4.69, 9.17) is 5.73 Å². The van der Waals surface area contributed by atoms with Gasteiger partial charge in [-0.3, -0.25) is 28.8 Å². The summed E-state index contributed by atoms with van der Waals surface area (Å²) >= 11 is 0. The first-order chi connectivity index (χ1) is 25.5. The number of carbonyl (C=O) groups is 6. The highest BCUT2D eigenvalue weighted by Gasteiger charge is 2.57. The molecule has 17 nitrogen and oxygen atoms in total. The molecule has 2 aromatic carbocycles. The molecule has 282 valence electrons. The Hall–Kier alpha value is -5.55. The van der Waals surface area contributed by atoms with E-state index in [0.29, 0.717) is 45.1 Å². The third-order valence-electron chi connectivity index (χ3n) is 10.4. The van der Waals surface area contributed by atoms with Crippen LogP contribution in [0.15, 0.2) is 59.6 Å². The zero-order chi connectivity index (χ0) is 37.7. The number of hydrogen-bond acceptors (Lipinski definition) is 11. The van der Waals surface area contributed by atoms with Gasteiger partial charge in [-0.2, -0.15) is 4.99 Å². The van der Waals surface area contributed by atoms with Crippen molar-refractivity contribution in [1.82, 2.24) is 36.4 Å². The van der Waals surface area contributed by atoms with Crippen LogP contribution in [0.25, 0.3) is 0 Å². The zero-order valence-corrected chi connectivity index (χ0v) is 29.1. The number of phenolic OH excluding ortho intramolecular Hbond substituents is 1. The maximum atomic E-state index is 13.8. The first-order valence-corrected chi connectivity index (χ1v) is 17.8. The zero-order valence-electron chi connectivity index (χ0n) is 29.1. The molecule has 0 saturated carbocycles. The molecule has 0 aliphatic carbocycles. The molecule has 6 amide bonds. The van der Waals surface area contributed by atoms with Crippen LogP contribution in [0.2, 0.25) is 0 Å². The van der Waals surface area contributed by atoms with E-state index >= 15 is 0 Å². The van der Waals surface area contributed by atoms with Crippen molar-refractivity contribution >= 4 is 41.9 Å². The summed E-state index contributed by atoms with van der Waals surface area (Å²) in [6.07, 6.45) is 2.68. The smallest absolute Gasteiger partial charge is 0.304 e. The van der Waals surface area contributed by atoms with Crippen LogP contribution in [0.3, 0.4) is 0 Å². The number of likely N-dealkylation sites (tertiary alicyclic amines) is 1. The molecular weight excluding hydrogens is 686 g/mol. The molecule has 0 radical (unpaired) electrons. The Morgan fingerprint density at radius 1 is 1.00 bits per heavy atom. The van der Waals surface area contributed by atoms with Crippen LogP contribution in [0, 0.1) is 0 Å². The maximum absolute atomic E-state index is 13.8. The lowest BCUT2D eigenvalue weighted by atomic mass is 9.91. The number of aliphatic hydroxyl groups is 1. The number of piperidine rings is 1. The van der Waals surface area contributed by atoms with E-state index in [-0.39, 0.29) is 43.5 Å². The minimum Gasteiger partial charge on any atom is -0.508 e. The number of carbonyl (C=O) groups excluding carboxylic acids is 6. The van der Waals surface area contributed by atoms with Crippen LogP contribution >= 0.6 is 0 Å². The highest BCUT2D eigenvalue weighted by molar-refractivity contribution is 6.05. The molecule has 53 heavy (non-hydrogen) atoms. The standard InChI is InChI=1S/C36H45N9O8/c37-35-43-34(52)36(53)29(9-5-15-45(35)36)42-32(50)28-8-4-14-44(28)33(51)27(39-20-46)19-38-30(48)18-25-24(16-22-10-12-23(47)13-11-22)41-31(49)26(40-25)17-21-6-2-1-3-7-21/h1-3,6-7,10-13,20,24-29,40,47,53H,4-5,8-9,14-19H2,(H,38,48)(H,39,46)(H,41,49)(H,42,50)(H2,37,43,52)/t24-,25-,26+,27-,28+,29-,36+/m0/s1. The van der Waals surface area contributed by atoms with E-state index in [9.17, 15) is 39.0 Å². The van der Waals surface area contributed by atoms with E-state index in [1.54, 1.807) is 24.3 Å². The number of nitrogens with zero attached hydrogens (tertiary/aromatic N) is 3. The molecule has 4 heterocycles. The number of aromatic hydroxyl groups is 1. The molecule has 4 aliphatic rings. The fourth-order valence-electron chi connectivity index (χ4n) is 7.66. The molecule has 4 aliphatic heterocycles. The summed E-state index contributed by atoms with van der Waals surface area (Å²) in [5.41, 5.74) is 5.50. The summed E-state index contributed by atoms with van der Waals surface area (Å²) in [6.45, 7) is 0.242. The Labute approximate surface area is 305 Å². The van der Waals surface area contributed by atoms with Gasteiger partial charge in [0.2, 0.25) is 41.7 Å². The van der Waals surface area contributed by atoms with Gasteiger partial charge in [-0.25, -0.2) is 0 Å². The first kappa shape index (κ1) is 37.2. The number of piperazine rings is 1. The van der Waals surface area contributed by atoms with Gasteiger partial charge in [0.15, 0.2) is 0 Å². The summed E-state index contributed by atoms with van der Waals surface area (Å²) in [5.74, 6) is -2.68. The monoisotopic (exact) mass is 731 g/mol. The normalized spacial score (nSPS) is 27.3. The van der Waals surface area contributed by atoms with Gasteiger partial charge in [-0.15, -0.1) is 0 Å². The second-order valence-corrected chi connectivity index (χ2v) is 13.9. The van der Waals surface area contributed by atoms with Crippen molar-refractivity contribution in [2.75, 3.05) is 19.6 Å². The van der Waals surface area contributed by atoms with Crippen molar-refractivity contribution < 1.29 is 39.0 Å². The Morgan fingerprint density at radius 3 is 2.45 bits per heavy atom. The molecule has 7 atom stereocenters. The molecule has 0 unspecified atom stereocenters. The number of rotatable bonds is 13. The summed E-state index contributed by atoms with van der Waals surface area (Å²) in [7, 11) is 0. The molecule has 2 aromatic rings. The predicted molar refractivity (Wildman–Crippen MR) is 189 cm³/mol. The van der Waals surface area contributed by atoms with Crippen LogP contribution in [0.4, 0.5) is 0 Å². The van der Waals surface area contributed by atoms with Crippen LogP contribution in [-0.4, -0.2) is 124 Å². The van der Waals surface area contributed by atoms with Gasteiger partial charge in [0, 0.05) is 38.1 Å². The molecule has 0 spiro atoms. The fourth-order valence-corrected chi connectivity index (χ4v) is 7.66. The molecule has 17 heteroatoms. The maximum Gasteiger partial charge on any atom is 0.304 e. The number of amides is 6. The number of guanidine groups is 1. The number of benzene rings is 2. The fraction of sp³-hybridized carbons (Fsp3) is 0.472. The number of fused-ring (bicyclic) bond motifs is 1. The van der Waals surface area contributed by atoms with E-state index in [1.807, 2.05) is 30.3 Å². The Bertz CT molecular complexity index is 1740. The van der Waals surface area contributed by atoms with Crippen molar-refractivity contribution in [3.63, 3.8) is 0 Å². The molecule has 3 saturated heterocycles. The average Bonchev–Trinajstić information content (AvgIpc) is 3.72. The average molecular weight is 732 g/mol. The molecule has 0 bridgehead atoms. The van der Waals surface area contributed by atoms with Crippen LogP contribution in [0.5, 0.6) is 5.75 Å². The van der Waals surface area contributed by atoms with Gasteiger partial charge in [-0.05, 0) is 61.8 Å². The lowest BCUT2D eigenvalue weighted by Crippen LogP contribution is -2.69. The number of aliphatic imine (C=N–C) groups is 1. The van der Waals surface area contributed by atoms with Crippen molar-refractivity contribution in [2.45, 2.75) is 86.9 Å². The molecule has 9 N–H and O–H groups in total. The minimum atomic E-state index is -2.11. The third kappa shape index (κ3) is 8.10. The van der Waals surface area contributed by atoms with Gasteiger partial charge >= 0.3 is 5.91 Å². The highest BCUT2D eigenvalue weighted by Crippen LogP contribution is 2.32. The van der Waals surface area contributed by atoms with Crippen LogP contribution < -0.4 is 32.3 Å². The van der Waals surface area contributed by atoms with Gasteiger partial charge in [0.1, 0.15) is 17.8 Å². The van der Waals surface area contributed by atoms with E-state index < -0.39 is 65.6 Å². The third-order valence-corrected chi connectivity index (χ3v) is 10.4. The van der Waals surface area contributed by atoms with E-state index in [2.05, 4.69) is 31.6 Å². The first-order valence-electron chi connectivity index (χ1n) is 17.8.